The van der Waals surface area contributed by atoms with Crippen LogP contribution in [0.3, 0.4) is 0 Å². The molecule has 0 amide bonds. The molecule has 0 spiro atoms. The van der Waals surface area contributed by atoms with Crippen LogP contribution in [0.4, 0.5) is 0 Å². The fourth-order valence-corrected chi connectivity index (χ4v) is 1.78. The Morgan fingerprint density at radius 3 is 2.20 bits per heavy atom. The molecule has 0 radical (unpaired) electrons. The number of rotatable bonds is 8. The van der Waals surface area contributed by atoms with Gasteiger partial charge in [0.25, 0.3) is 0 Å². The summed E-state index contributed by atoms with van der Waals surface area (Å²) in [7, 11) is 0. The van der Waals surface area contributed by atoms with Crippen molar-refractivity contribution in [3.8, 4) is 11.5 Å². The molecule has 0 atom stereocenters. The minimum Gasteiger partial charge on any atom is -0.493 e. The van der Waals surface area contributed by atoms with E-state index in [2.05, 4.69) is 0 Å². The summed E-state index contributed by atoms with van der Waals surface area (Å²) in [5.74, 6) is 0.524. The van der Waals surface area contributed by atoms with Crippen molar-refractivity contribution in [3.63, 3.8) is 0 Å². The lowest BCUT2D eigenvalue weighted by molar-refractivity contribution is 0.0521. The zero-order valence-corrected chi connectivity index (χ0v) is 13.0. The maximum atomic E-state index is 11.9. The lowest BCUT2D eigenvalue weighted by Gasteiger charge is -2.14. The van der Waals surface area contributed by atoms with Gasteiger partial charge in [-0.2, -0.15) is 0 Å². The molecule has 112 valence electrons. The number of ether oxygens (including phenoxy) is 3. The molecule has 0 N–H and O–H groups in total. The van der Waals surface area contributed by atoms with Crippen LogP contribution in [-0.2, 0) is 4.74 Å². The number of benzene rings is 1. The quantitative estimate of drug-likeness (QED) is 0.678. The maximum absolute atomic E-state index is 11.9. The Morgan fingerprint density at radius 1 is 1.05 bits per heavy atom. The highest BCUT2D eigenvalue weighted by Crippen LogP contribution is 2.33. The number of esters is 1. The summed E-state index contributed by atoms with van der Waals surface area (Å²) in [5, 5.41) is 0.380. The molecule has 1 rings (SSSR count). The average molecular weight is 301 g/mol. The Labute approximate surface area is 125 Å². The summed E-state index contributed by atoms with van der Waals surface area (Å²) in [5.41, 5.74) is 0.328. The molecule has 0 fully saturated rings. The third-order valence-corrected chi connectivity index (χ3v) is 2.75. The van der Waals surface area contributed by atoms with Crippen molar-refractivity contribution >= 4 is 17.6 Å². The first kappa shape index (κ1) is 16.6. The third kappa shape index (κ3) is 4.60. The fourth-order valence-electron chi connectivity index (χ4n) is 1.56. The monoisotopic (exact) mass is 300 g/mol. The zero-order chi connectivity index (χ0) is 15.0. The second-order valence-corrected chi connectivity index (χ2v) is 4.60. The smallest absolute Gasteiger partial charge is 0.341 e. The average Bonchev–Trinajstić information content (AvgIpc) is 2.44. The highest BCUT2D eigenvalue weighted by molar-refractivity contribution is 6.32. The second kappa shape index (κ2) is 8.69. The van der Waals surface area contributed by atoms with Crippen molar-refractivity contribution in [1.82, 2.24) is 0 Å². The van der Waals surface area contributed by atoms with Crippen molar-refractivity contribution in [1.29, 1.82) is 0 Å². The standard InChI is InChI=1S/C15H21ClO4/c1-4-7-19-13-10-14(20-8-5-2)12(16)9-11(13)15(17)18-6-3/h9-10H,4-8H2,1-3H3. The van der Waals surface area contributed by atoms with Crippen LogP contribution in [0.2, 0.25) is 5.02 Å². The van der Waals surface area contributed by atoms with Gasteiger partial charge in [-0.3, -0.25) is 0 Å². The number of halogens is 1. The van der Waals surface area contributed by atoms with E-state index in [4.69, 9.17) is 25.8 Å². The van der Waals surface area contributed by atoms with Gasteiger partial charge in [0.1, 0.15) is 17.1 Å². The van der Waals surface area contributed by atoms with Crippen LogP contribution in [0.15, 0.2) is 12.1 Å². The summed E-state index contributed by atoms with van der Waals surface area (Å²) < 4.78 is 16.1. The Bertz CT molecular complexity index is 446. The van der Waals surface area contributed by atoms with Crippen LogP contribution in [0.1, 0.15) is 44.0 Å². The van der Waals surface area contributed by atoms with E-state index in [9.17, 15) is 4.79 Å². The van der Waals surface area contributed by atoms with Gasteiger partial charge in [-0.1, -0.05) is 25.4 Å². The predicted octanol–water partition coefficient (Wildman–Crippen LogP) is 4.09. The first-order valence-electron chi connectivity index (χ1n) is 6.90. The Balaban J connectivity index is 3.07. The van der Waals surface area contributed by atoms with Gasteiger partial charge in [0.2, 0.25) is 0 Å². The van der Waals surface area contributed by atoms with Gasteiger partial charge >= 0.3 is 5.97 Å². The molecule has 0 heterocycles. The van der Waals surface area contributed by atoms with Gasteiger partial charge in [0.05, 0.1) is 24.8 Å². The zero-order valence-electron chi connectivity index (χ0n) is 12.2. The number of hydrogen-bond acceptors (Lipinski definition) is 4. The lowest BCUT2D eigenvalue weighted by atomic mass is 10.2. The molecule has 0 aliphatic heterocycles. The summed E-state index contributed by atoms with van der Waals surface area (Å²) in [6, 6.07) is 3.19. The van der Waals surface area contributed by atoms with Gasteiger partial charge in [0, 0.05) is 6.07 Å². The largest absolute Gasteiger partial charge is 0.493 e. The highest BCUT2D eigenvalue weighted by atomic mass is 35.5. The van der Waals surface area contributed by atoms with Gasteiger partial charge in [-0.25, -0.2) is 4.79 Å². The number of carbonyl (C=O) groups excluding carboxylic acids is 1. The van der Waals surface area contributed by atoms with Crippen molar-refractivity contribution in [2.24, 2.45) is 0 Å². The van der Waals surface area contributed by atoms with Crippen molar-refractivity contribution in [3.05, 3.63) is 22.7 Å². The molecule has 4 nitrogen and oxygen atoms in total. The topological polar surface area (TPSA) is 44.8 Å². The van der Waals surface area contributed by atoms with Gasteiger partial charge in [0.15, 0.2) is 0 Å². The van der Waals surface area contributed by atoms with Gasteiger partial charge in [-0.15, -0.1) is 0 Å². The molecule has 0 saturated heterocycles. The van der Waals surface area contributed by atoms with E-state index >= 15 is 0 Å². The first-order valence-corrected chi connectivity index (χ1v) is 7.28. The molecule has 0 saturated carbocycles. The SMILES string of the molecule is CCCOc1cc(OCCC)c(C(=O)OCC)cc1Cl. The fraction of sp³-hybridized carbons (Fsp3) is 0.533. The van der Waals surface area contributed by atoms with Crippen LogP contribution in [0, 0.1) is 0 Å². The normalized spacial score (nSPS) is 10.2. The predicted molar refractivity (Wildman–Crippen MR) is 79.0 cm³/mol. The van der Waals surface area contributed by atoms with E-state index in [0.717, 1.165) is 12.8 Å². The highest BCUT2D eigenvalue weighted by Gasteiger charge is 2.18. The minimum absolute atomic E-state index is 0.303. The van der Waals surface area contributed by atoms with E-state index in [-0.39, 0.29) is 0 Å². The van der Waals surface area contributed by atoms with Crippen LogP contribution in [0.25, 0.3) is 0 Å². The Hall–Kier alpha value is -1.42. The summed E-state index contributed by atoms with van der Waals surface area (Å²) in [6.45, 7) is 7.14. The van der Waals surface area contributed by atoms with Crippen LogP contribution in [-0.4, -0.2) is 25.8 Å². The van der Waals surface area contributed by atoms with Crippen molar-refractivity contribution in [2.75, 3.05) is 19.8 Å². The van der Waals surface area contributed by atoms with Crippen LogP contribution >= 0.6 is 11.6 Å². The van der Waals surface area contributed by atoms with E-state index in [1.165, 1.54) is 6.07 Å². The van der Waals surface area contributed by atoms with Crippen molar-refractivity contribution in [2.45, 2.75) is 33.6 Å². The molecule has 20 heavy (non-hydrogen) atoms. The van der Waals surface area contributed by atoms with Crippen LogP contribution in [0.5, 0.6) is 11.5 Å². The van der Waals surface area contributed by atoms with Crippen molar-refractivity contribution < 1.29 is 19.0 Å². The molecule has 0 aromatic heterocycles. The first-order chi connectivity index (χ1) is 9.63. The molecule has 0 aliphatic carbocycles. The summed E-state index contributed by atoms with van der Waals surface area (Å²) in [6.07, 6.45) is 1.72. The molecular weight excluding hydrogens is 280 g/mol. The molecular formula is C15H21ClO4. The molecule has 0 unspecified atom stereocenters. The summed E-state index contributed by atoms with van der Waals surface area (Å²) in [4.78, 5) is 11.9. The van der Waals surface area contributed by atoms with E-state index in [1.54, 1.807) is 13.0 Å². The lowest BCUT2D eigenvalue weighted by Crippen LogP contribution is -2.09. The van der Waals surface area contributed by atoms with Gasteiger partial charge in [-0.05, 0) is 25.8 Å². The molecule has 5 heteroatoms. The molecule has 0 aliphatic rings. The molecule has 0 bridgehead atoms. The van der Waals surface area contributed by atoms with Gasteiger partial charge < -0.3 is 14.2 Å². The van der Waals surface area contributed by atoms with E-state index in [0.29, 0.717) is 41.9 Å². The number of hydrogen-bond donors (Lipinski definition) is 0. The second-order valence-electron chi connectivity index (χ2n) is 4.20. The Morgan fingerprint density at radius 2 is 1.65 bits per heavy atom. The summed E-state index contributed by atoms with van der Waals surface area (Å²) >= 11 is 6.13. The molecule has 1 aromatic carbocycles. The van der Waals surface area contributed by atoms with Crippen LogP contribution < -0.4 is 9.47 Å². The minimum atomic E-state index is -0.442. The Kier molecular flexibility index (Phi) is 7.23. The maximum Gasteiger partial charge on any atom is 0.341 e. The number of carbonyl (C=O) groups is 1. The molecule has 1 aromatic rings. The third-order valence-electron chi connectivity index (χ3n) is 2.45. The van der Waals surface area contributed by atoms with E-state index in [1.807, 2.05) is 13.8 Å². The van der Waals surface area contributed by atoms with E-state index < -0.39 is 5.97 Å².